The van der Waals surface area contributed by atoms with Crippen molar-refractivity contribution in [3.63, 3.8) is 0 Å². The molecule has 2 aromatic carbocycles. The number of hydrogen-bond donors (Lipinski definition) is 0. The minimum Gasteiger partial charge on any atom is -0.484 e. The summed E-state index contributed by atoms with van der Waals surface area (Å²) in [6.45, 7) is 12.3. The minimum atomic E-state index is -0.380. The maximum Gasteiger partial charge on any atom is 0.260 e. The maximum atomic E-state index is 14.5. The Bertz CT molecular complexity index is 1120. The normalized spacial score (nSPS) is 15.4. The predicted octanol–water partition coefficient (Wildman–Crippen LogP) is 5.43. The molecular formula is C32H47FN4O3. The highest BCUT2D eigenvalue weighted by Crippen LogP contribution is 2.27. The van der Waals surface area contributed by atoms with Crippen molar-refractivity contribution in [3.8, 4) is 5.75 Å². The van der Waals surface area contributed by atoms with Crippen molar-refractivity contribution >= 4 is 23.2 Å². The second-order valence-electron chi connectivity index (χ2n) is 11.8. The van der Waals surface area contributed by atoms with Gasteiger partial charge in [0.05, 0.1) is 0 Å². The summed E-state index contributed by atoms with van der Waals surface area (Å²) in [5.41, 5.74) is 2.30. The Balaban J connectivity index is 1.89. The van der Waals surface area contributed by atoms with Crippen molar-refractivity contribution in [2.75, 3.05) is 63.2 Å². The van der Waals surface area contributed by atoms with Gasteiger partial charge in [0, 0.05) is 64.1 Å². The molecule has 0 saturated carbocycles. The van der Waals surface area contributed by atoms with Gasteiger partial charge in [-0.3, -0.25) is 9.59 Å². The molecule has 220 valence electrons. The number of halogens is 1. The van der Waals surface area contributed by atoms with Gasteiger partial charge in [-0.25, -0.2) is 4.39 Å². The van der Waals surface area contributed by atoms with Crippen molar-refractivity contribution in [2.24, 2.45) is 11.8 Å². The quantitative estimate of drug-likeness (QED) is 0.436. The Labute approximate surface area is 239 Å². The van der Waals surface area contributed by atoms with Crippen LogP contribution in [0.25, 0.3) is 0 Å². The molecule has 0 unspecified atom stereocenters. The van der Waals surface area contributed by atoms with Crippen molar-refractivity contribution in [2.45, 2.75) is 53.5 Å². The van der Waals surface area contributed by atoms with Crippen LogP contribution < -0.4 is 14.5 Å². The number of nitrogens with zero attached hydrogens (tertiary/aromatic N) is 4. The van der Waals surface area contributed by atoms with E-state index in [2.05, 4.69) is 18.7 Å². The van der Waals surface area contributed by atoms with Gasteiger partial charge in [-0.1, -0.05) is 33.8 Å². The van der Waals surface area contributed by atoms with E-state index in [-0.39, 0.29) is 36.7 Å². The molecule has 0 aromatic heterocycles. The number of anilines is 2. The second kappa shape index (κ2) is 15.0. The molecule has 1 heterocycles. The fourth-order valence-corrected chi connectivity index (χ4v) is 5.12. The van der Waals surface area contributed by atoms with Crippen LogP contribution in [0.15, 0.2) is 42.5 Å². The Morgan fingerprint density at radius 3 is 2.33 bits per heavy atom. The first-order valence-electron chi connectivity index (χ1n) is 14.5. The van der Waals surface area contributed by atoms with Crippen molar-refractivity contribution in [1.29, 1.82) is 0 Å². The predicted molar refractivity (Wildman–Crippen MR) is 160 cm³/mol. The molecule has 0 spiro atoms. The Kier molecular flexibility index (Phi) is 11.8. The molecule has 0 fully saturated rings. The van der Waals surface area contributed by atoms with E-state index in [0.29, 0.717) is 42.4 Å². The molecule has 0 atom stereocenters. The first kappa shape index (κ1) is 31.4. The molecule has 0 saturated heterocycles. The molecule has 1 aliphatic rings. The number of rotatable bonds is 8. The molecule has 40 heavy (non-hydrogen) atoms. The van der Waals surface area contributed by atoms with Crippen LogP contribution in [0.2, 0.25) is 0 Å². The molecule has 7 nitrogen and oxygen atoms in total. The molecule has 8 heteroatoms. The average molecular weight is 555 g/mol. The third-order valence-corrected chi connectivity index (χ3v) is 7.01. The van der Waals surface area contributed by atoms with Gasteiger partial charge in [-0.05, 0) is 73.7 Å². The molecule has 1 aliphatic heterocycles. The molecule has 2 aromatic rings. The zero-order valence-corrected chi connectivity index (χ0v) is 25.2. The van der Waals surface area contributed by atoms with Crippen LogP contribution in [-0.2, 0) is 16.1 Å². The number of benzene rings is 2. The number of fused-ring (bicyclic) bond motifs is 1. The van der Waals surface area contributed by atoms with E-state index in [1.54, 1.807) is 15.9 Å². The Morgan fingerprint density at radius 1 is 0.925 bits per heavy atom. The Hall–Kier alpha value is -3.13. The monoisotopic (exact) mass is 554 g/mol. The van der Waals surface area contributed by atoms with Gasteiger partial charge in [0.25, 0.3) is 5.91 Å². The minimum absolute atomic E-state index is 0.0253. The van der Waals surface area contributed by atoms with Crippen LogP contribution in [0.5, 0.6) is 5.75 Å². The first-order chi connectivity index (χ1) is 19.0. The van der Waals surface area contributed by atoms with Crippen LogP contribution in [0.1, 0.15) is 52.5 Å². The largest absolute Gasteiger partial charge is 0.484 e. The number of ether oxygens (including phenoxy) is 1. The summed E-state index contributed by atoms with van der Waals surface area (Å²) in [5, 5.41) is 0. The summed E-state index contributed by atoms with van der Waals surface area (Å²) in [4.78, 5) is 34.9. The summed E-state index contributed by atoms with van der Waals surface area (Å²) in [6.07, 6.45) is 2.04. The summed E-state index contributed by atoms with van der Waals surface area (Å²) in [6, 6.07) is 12.2. The second-order valence-corrected chi connectivity index (χ2v) is 11.8. The highest BCUT2D eigenvalue weighted by Gasteiger charge is 2.24. The van der Waals surface area contributed by atoms with Crippen LogP contribution in [0.3, 0.4) is 0 Å². The van der Waals surface area contributed by atoms with E-state index >= 15 is 0 Å². The van der Waals surface area contributed by atoms with Gasteiger partial charge < -0.3 is 24.3 Å². The third kappa shape index (κ3) is 9.51. The van der Waals surface area contributed by atoms with E-state index in [1.165, 1.54) is 12.1 Å². The van der Waals surface area contributed by atoms with Gasteiger partial charge in [0.15, 0.2) is 6.61 Å². The fourth-order valence-electron chi connectivity index (χ4n) is 5.12. The molecule has 0 N–H and O–H groups in total. The zero-order chi connectivity index (χ0) is 29.2. The summed E-state index contributed by atoms with van der Waals surface area (Å²) >= 11 is 0. The lowest BCUT2D eigenvalue weighted by atomic mass is 10.1. The molecule has 3 rings (SSSR count). The topological polar surface area (TPSA) is 56.3 Å². The number of carbonyl (C=O) groups is 2. The zero-order valence-electron chi connectivity index (χ0n) is 25.2. The number of carbonyl (C=O) groups excluding carboxylic acids is 2. The standard InChI is InChI=1S/C32H47FN4O3/c1-24(2)18-31(38)37-17-9-15-35(21-25(3)4)14-8-16-36(22-26-19-27(33)12-13-30(26)37)32(39)23-40-29-11-7-10-28(20-29)34(5)6/h7,10-13,19-20,24-25H,8-9,14-18,21-23H2,1-6H3. The highest BCUT2D eigenvalue weighted by molar-refractivity contribution is 5.94. The van der Waals surface area contributed by atoms with Crippen LogP contribution >= 0.6 is 0 Å². The van der Waals surface area contributed by atoms with E-state index in [1.807, 2.05) is 57.1 Å². The summed E-state index contributed by atoms with van der Waals surface area (Å²) < 4.78 is 20.4. The van der Waals surface area contributed by atoms with E-state index in [0.717, 1.165) is 38.2 Å². The van der Waals surface area contributed by atoms with Crippen LogP contribution in [-0.4, -0.2) is 75.0 Å². The number of hydrogen-bond acceptors (Lipinski definition) is 5. The van der Waals surface area contributed by atoms with Gasteiger partial charge in [-0.15, -0.1) is 0 Å². The van der Waals surface area contributed by atoms with Crippen molar-refractivity contribution in [3.05, 3.63) is 53.8 Å². The van der Waals surface area contributed by atoms with E-state index in [9.17, 15) is 14.0 Å². The van der Waals surface area contributed by atoms with E-state index in [4.69, 9.17) is 4.74 Å². The van der Waals surface area contributed by atoms with Crippen LogP contribution in [0, 0.1) is 17.7 Å². The fraction of sp³-hybridized carbons (Fsp3) is 0.562. The van der Waals surface area contributed by atoms with Crippen molar-refractivity contribution < 1.29 is 18.7 Å². The van der Waals surface area contributed by atoms with Crippen LogP contribution in [0.4, 0.5) is 15.8 Å². The average Bonchev–Trinajstić information content (AvgIpc) is 2.88. The summed E-state index contributed by atoms with van der Waals surface area (Å²) in [5.74, 6) is 0.814. The highest BCUT2D eigenvalue weighted by atomic mass is 19.1. The lowest BCUT2D eigenvalue weighted by molar-refractivity contribution is -0.134. The number of amides is 2. The third-order valence-electron chi connectivity index (χ3n) is 7.01. The van der Waals surface area contributed by atoms with Gasteiger partial charge in [0.1, 0.15) is 11.6 Å². The van der Waals surface area contributed by atoms with Gasteiger partial charge >= 0.3 is 0 Å². The summed E-state index contributed by atoms with van der Waals surface area (Å²) in [7, 11) is 3.91. The molecular weight excluding hydrogens is 507 g/mol. The smallest absolute Gasteiger partial charge is 0.260 e. The van der Waals surface area contributed by atoms with Gasteiger partial charge in [-0.2, -0.15) is 0 Å². The van der Waals surface area contributed by atoms with Gasteiger partial charge in [0.2, 0.25) is 5.91 Å². The van der Waals surface area contributed by atoms with E-state index < -0.39 is 0 Å². The lowest BCUT2D eigenvalue weighted by Gasteiger charge is -2.32. The molecule has 0 radical (unpaired) electrons. The molecule has 2 amide bonds. The SMILES string of the molecule is CC(C)CC(=O)N1CCCN(CC(C)C)CCCN(C(=O)COc2cccc(N(C)C)c2)Cc2cc(F)ccc21. The maximum absolute atomic E-state index is 14.5. The molecule has 0 bridgehead atoms. The Morgan fingerprint density at radius 2 is 1.65 bits per heavy atom. The molecule has 0 aliphatic carbocycles. The lowest BCUT2D eigenvalue weighted by Crippen LogP contribution is -2.41. The first-order valence-corrected chi connectivity index (χ1v) is 14.5. The van der Waals surface area contributed by atoms with Crippen molar-refractivity contribution in [1.82, 2.24) is 9.80 Å².